The smallest absolute Gasteiger partial charge is 0.421 e. The average Bonchev–Trinajstić information content (AvgIpc) is 2.83. The highest BCUT2D eigenvalue weighted by Crippen LogP contribution is 2.34. The molecule has 1 aliphatic heterocycles. The van der Waals surface area contributed by atoms with Gasteiger partial charge in [0.1, 0.15) is 5.69 Å². The van der Waals surface area contributed by atoms with E-state index in [0.717, 1.165) is 11.3 Å². The van der Waals surface area contributed by atoms with Crippen molar-refractivity contribution in [1.82, 2.24) is 0 Å². The molecule has 0 radical (unpaired) electrons. The zero-order valence-electron chi connectivity index (χ0n) is 8.76. The third-order valence-electron chi connectivity index (χ3n) is 2.06. The standard InChI is InChI=1S/C10H11NO4S/c1-2-3-14-8-6-16-5-7(8)11-9(12)4-15-10(11)13/h5-6H,2-4H2,1H3. The molecule has 0 aromatic carbocycles. The number of rotatable bonds is 4. The SMILES string of the molecule is CCCOc1cscc1N1C(=O)COC1=O. The number of carbonyl (C=O) groups is 2. The summed E-state index contributed by atoms with van der Waals surface area (Å²) in [4.78, 5) is 23.8. The van der Waals surface area contributed by atoms with Crippen molar-refractivity contribution in [2.45, 2.75) is 13.3 Å². The Hall–Kier alpha value is -1.56. The lowest BCUT2D eigenvalue weighted by Crippen LogP contribution is -2.28. The quantitative estimate of drug-likeness (QED) is 0.809. The van der Waals surface area contributed by atoms with E-state index in [1.165, 1.54) is 11.3 Å². The Morgan fingerprint density at radius 1 is 1.50 bits per heavy atom. The second-order valence-corrected chi connectivity index (χ2v) is 4.00. The van der Waals surface area contributed by atoms with Crippen molar-refractivity contribution in [3.05, 3.63) is 10.8 Å². The van der Waals surface area contributed by atoms with Gasteiger partial charge in [0.2, 0.25) is 0 Å². The third kappa shape index (κ3) is 1.88. The highest BCUT2D eigenvalue weighted by Gasteiger charge is 2.34. The van der Waals surface area contributed by atoms with Gasteiger partial charge in [-0.25, -0.2) is 9.69 Å². The first-order valence-electron chi connectivity index (χ1n) is 4.92. The molecule has 0 aliphatic carbocycles. The molecule has 1 aromatic rings. The van der Waals surface area contributed by atoms with E-state index in [1.54, 1.807) is 10.8 Å². The van der Waals surface area contributed by atoms with Gasteiger partial charge in [0, 0.05) is 10.8 Å². The first kappa shape index (κ1) is 10.9. The highest BCUT2D eigenvalue weighted by atomic mass is 32.1. The summed E-state index contributed by atoms with van der Waals surface area (Å²) < 4.78 is 10.1. The first-order valence-corrected chi connectivity index (χ1v) is 5.87. The predicted molar refractivity (Wildman–Crippen MR) is 58.9 cm³/mol. The van der Waals surface area contributed by atoms with E-state index in [9.17, 15) is 9.59 Å². The summed E-state index contributed by atoms with van der Waals surface area (Å²) in [6.45, 7) is 2.35. The molecule has 1 saturated heterocycles. The number of imide groups is 1. The molecule has 1 aliphatic rings. The van der Waals surface area contributed by atoms with Crippen molar-refractivity contribution in [3.8, 4) is 5.75 Å². The topological polar surface area (TPSA) is 55.8 Å². The average molecular weight is 241 g/mol. The summed E-state index contributed by atoms with van der Waals surface area (Å²) in [5.41, 5.74) is 0.478. The van der Waals surface area contributed by atoms with Crippen LogP contribution in [0.4, 0.5) is 10.5 Å². The minimum absolute atomic E-state index is 0.193. The lowest BCUT2D eigenvalue weighted by molar-refractivity contribution is -0.117. The number of hydrogen-bond acceptors (Lipinski definition) is 5. The van der Waals surface area contributed by atoms with Crippen molar-refractivity contribution in [3.63, 3.8) is 0 Å². The number of thiophene rings is 1. The Balaban J connectivity index is 2.22. The number of cyclic esters (lactones) is 1. The molecule has 1 aromatic heterocycles. The molecule has 5 nitrogen and oxygen atoms in total. The minimum atomic E-state index is -0.634. The van der Waals surface area contributed by atoms with Gasteiger partial charge < -0.3 is 9.47 Å². The summed E-state index contributed by atoms with van der Waals surface area (Å²) in [6, 6.07) is 0. The number of carbonyl (C=O) groups excluding carboxylic acids is 2. The fraction of sp³-hybridized carbons (Fsp3) is 0.400. The van der Waals surface area contributed by atoms with Crippen molar-refractivity contribution in [2.75, 3.05) is 18.1 Å². The van der Waals surface area contributed by atoms with Crippen LogP contribution in [0.1, 0.15) is 13.3 Å². The molecule has 1 fully saturated rings. The number of amides is 2. The van der Waals surface area contributed by atoms with E-state index in [4.69, 9.17) is 4.74 Å². The van der Waals surface area contributed by atoms with Crippen molar-refractivity contribution >= 4 is 29.0 Å². The van der Waals surface area contributed by atoms with Gasteiger partial charge in [-0.05, 0) is 6.42 Å². The number of nitrogens with zero attached hydrogens (tertiary/aromatic N) is 1. The van der Waals surface area contributed by atoms with E-state index in [2.05, 4.69) is 4.74 Å². The van der Waals surface area contributed by atoms with Gasteiger partial charge >= 0.3 is 6.09 Å². The molecule has 0 N–H and O–H groups in total. The van der Waals surface area contributed by atoms with Gasteiger partial charge in [0.05, 0.1) is 6.61 Å². The van der Waals surface area contributed by atoms with Crippen LogP contribution in [0.5, 0.6) is 5.75 Å². The van der Waals surface area contributed by atoms with Gasteiger partial charge in [-0.1, -0.05) is 6.92 Å². The van der Waals surface area contributed by atoms with Crippen LogP contribution in [0.25, 0.3) is 0 Å². The van der Waals surface area contributed by atoms with Gasteiger partial charge in [-0.15, -0.1) is 11.3 Å². The molecule has 2 rings (SSSR count). The summed E-state index contributed by atoms with van der Waals surface area (Å²) in [5, 5.41) is 3.47. The fourth-order valence-corrected chi connectivity index (χ4v) is 2.08. The number of anilines is 1. The van der Waals surface area contributed by atoms with Crippen LogP contribution in [-0.4, -0.2) is 25.2 Å². The zero-order chi connectivity index (χ0) is 11.5. The molecular weight excluding hydrogens is 230 g/mol. The number of hydrogen-bond donors (Lipinski definition) is 0. The molecule has 16 heavy (non-hydrogen) atoms. The van der Waals surface area contributed by atoms with Crippen LogP contribution in [-0.2, 0) is 9.53 Å². The molecule has 6 heteroatoms. The van der Waals surface area contributed by atoms with Crippen LogP contribution in [0.15, 0.2) is 10.8 Å². The third-order valence-corrected chi connectivity index (χ3v) is 2.77. The normalized spacial score (nSPS) is 15.4. The predicted octanol–water partition coefficient (Wildman–Crippen LogP) is 2.02. The molecule has 2 amide bonds. The Morgan fingerprint density at radius 2 is 2.31 bits per heavy atom. The van der Waals surface area contributed by atoms with Crippen molar-refractivity contribution in [2.24, 2.45) is 0 Å². The van der Waals surface area contributed by atoms with E-state index < -0.39 is 6.09 Å². The van der Waals surface area contributed by atoms with Crippen molar-refractivity contribution < 1.29 is 19.1 Å². The molecule has 86 valence electrons. The monoisotopic (exact) mass is 241 g/mol. The van der Waals surface area contributed by atoms with Crippen molar-refractivity contribution in [1.29, 1.82) is 0 Å². The van der Waals surface area contributed by atoms with Crippen LogP contribution < -0.4 is 9.64 Å². The maximum Gasteiger partial charge on any atom is 0.421 e. The Kier molecular flexibility index (Phi) is 3.09. The van der Waals surface area contributed by atoms with E-state index >= 15 is 0 Å². The van der Waals surface area contributed by atoms with E-state index in [0.29, 0.717) is 18.0 Å². The number of ether oxygens (including phenoxy) is 2. The maximum absolute atomic E-state index is 11.4. The first-order chi connectivity index (χ1) is 7.74. The summed E-state index contributed by atoms with van der Waals surface area (Å²) in [7, 11) is 0. The maximum atomic E-state index is 11.4. The molecule has 0 atom stereocenters. The zero-order valence-corrected chi connectivity index (χ0v) is 9.58. The lowest BCUT2D eigenvalue weighted by Gasteiger charge is -2.11. The summed E-state index contributed by atoms with van der Waals surface area (Å²) in [5.74, 6) is 0.198. The highest BCUT2D eigenvalue weighted by molar-refractivity contribution is 7.08. The lowest BCUT2D eigenvalue weighted by atomic mass is 10.4. The molecule has 0 spiro atoms. The summed E-state index contributed by atoms with van der Waals surface area (Å²) in [6.07, 6.45) is 0.234. The second-order valence-electron chi connectivity index (χ2n) is 3.25. The Morgan fingerprint density at radius 3 is 2.94 bits per heavy atom. The fourth-order valence-electron chi connectivity index (χ4n) is 1.35. The van der Waals surface area contributed by atoms with E-state index in [-0.39, 0.29) is 12.5 Å². The largest absolute Gasteiger partial charge is 0.491 e. The summed E-state index contributed by atoms with van der Waals surface area (Å²) >= 11 is 1.38. The molecule has 0 bridgehead atoms. The van der Waals surface area contributed by atoms with Gasteiger partial charge in [0.25, 0.3) is 5.91 Å². The van der Waals surface area contributed by atoms with Gasteiger partial charge in [0.15, 0.2) is 12.4 Å². The Labute approximate surface area is 96.6 Å². The molecular formula is C10H11NO4S. The van der Waals surface area contributed by atoms with Crippen LogP contribution in [0, 0.1) is 0 Å². The second kappa shape index (κ2) is 4.52. The van der Waals surface area contributed by atoms with Crippen LogP contribution >= 0.6 is 11.3 Å². The Bertz CT molecular complexity index is 399. The van der Waals surface area contributed by atoms with E-state index in [1.807, 2.05) is 6.92 Å². The van der Waals surface area contributed by atoms with Crippen LogP contribution in [0.3, 0.4) is 0 Å². The molecule has 0 saturated carbocycles. The van der Waals surface area contributed by atoms with Gasteiger partial charge in [-0.3, -0.25) is 4.79 Å². The van der Waals surface area contributed by atoms with Crippen LogP contribution in [0.2, 0.25) is 0 Å². The molecule has 0 unspecified atom stereocenters. The molecule has 2 heterocycles. The van der Waals surface area contributed by atoms with Gasteiger partial charge in [-0.2, -0.15) is 0 Å². The minimum Gasteiger partial charge on any atom is -0.491 e.